The average molecular weight is 247 g/mol. The van der Waals surface area contributed by atoms with E-state index in [9.17, 15) is 4.39 Å². The minimum atomic E-state index is -0.995. The molecule has 1 aliphatic rings. The van der Waals surface area contributed by atoms with Gasteiger partial charge >= 0.3 is 0 Å². The fraction of sp³-hybridized carbons (Fsp3) is 0.333. The maximum Gasteiger partial charge on any atom is 0.231 e. The zero-order valence-electron chi connectivity index (χ0n) is 7.01. The molecule has 0 N–H and O–H groups in total. The van der Waals surface area contributed by atoms with Crippen molar-refractivity contribution < 1.29 is 13.9 Å². The largest absolute Gasteiger partial charge is 0.454 e. The van der Waals surface area contributed by atoms with Gasteiger partial charge in [-0.2, -0.15) is 0 Å². The molecular formula is C9H8BrFO2. The number of fused-ring (bicyclic) bond motifs is 1. The third-order valence-corrected chi connectivity index (χ3v) is 2.50. The van der Waals surface area contributed by atoms with Gasteiger partial charge in [0.05, 0.1) is 4.47 Å². The third kappa shape index (κ3) is 1.50. The van der Waals surface area contributed by atoms with E-state index in [0.717, 1.165) is 4.47 Å². The van der Waals surface area contributed by atoms with Crippen LogP contribution in [0.5, 0.6) is 11.5 Å². The summed E-state index contributed by atoms with van der Waals surface area (Å²) in [4.78, 5) is 0. The number of benzene rings is 1. The van der Waals surface area contributed by atoms with Crippen LogP contribution in [0.4, 0.5) is 4.39 Å². The Labute approximate surface area is 83.8 Å². The lowest BCUT2D eigenvalue weighted by atomic mass is 10.1. The second-order valence-corrected chi connectivity index (χ2v) is 3.71. The Bertz CT molecular complexity index is 339. The molecule has 1 aromatic carbocycles. The standard InChI is InChI=1S/C9H8BrFO2/c1-5(11)6-2-7(10)9-8(3-6)12-4-13-9/h2-3,5H,4H2,1H3. The molecule has 13 heavy (non-hydrogen) atoms. The summed E-state index contributed by atoms with van der Waals surface area (Å²) in [5.74, 6) is 1.26. The van der Waals surface area contributed by atoms with Crippen LogP contribution in [0.15, 0.2) is 16.6 Å². The number of hydrogen-bond acceptors (Lipinski definition) is 2. The van der Waals surface area contributed by atoms with Gasteiger partial charge in [0, 0.05) is 0 Å². The highest BCUT2D eigenvalue weighted by Gasteiger charge is 2.19. The van der Waals surface area contributed by atoms with Crippen LogP contribution in [0.1, 0.15) is 18.7 Å². The van der Waals surface area contributed by atoms with E-state index in [1.54, 1.807) is 12.1 Å². The van der Waals surface area contributed by atoms with Gasteiger partial charge in [-0.15, -0.1) is 0 Å². The highest BCUT2D eigenvalue weighted by Crippen LogP contribution is 2.41. The SMILES string of the molecule is CC(F)c1cc(Br)c2c(c1)OCO2. The number of alkyl halides is 1. The molecule has 0 fully saturated rings. The molecular weight excluding hydrogens is 239 g/mol. The van der Waals surface area contributed by atoms with Gasteiger partial charge in [0.2, 0.25) is 6.79 Å². The van der Waals surface area contributed by atoms with Crippen LogP contribution in [-0.4, -0.2) is 6.79 Å². The van der Waals surface area contributed by atoms with Crippen molar-refractivity contribution in [2.24, 2.45) is 0 Å². The molecule has 4 heteroatoms. The monoisotopic (exact) mass is 246 g/mol. The molecule has 0 saturated carbocycles. The van der Waals surface area contributed by atoms with Crippen LogP contribution in [0.3, 0.4) is 0 Å². The van der Waals surface area contributed by atoms with Gasteiger partial charge in [-0.25, -0.2) is 4.39 Å². The van der Waals surface area contributed by atoms with Crippen molar-refractivity contribution in [3.8, 4) is 11.5 Å². The van der Waals surface area contributed by atoms with E-state index in [4.69, 9.17) is 9.47 Å². The van der Waals surface area contributed by atoms with E-state index in [-0.39, 0.29) is 6.79 Å². The van der Waals surface area contributed by atoms with Crippen LogP contribution in [0, 0.1) is 0 Å². The van der Waals surface area contributed by atoms with Crippen LogP contribution >= 0.6 is 15.9 Å². The molecule has 1 unspecified atom stereocenters. The van der Waals surface area contributed by atoms with Gasteiger partial charge in [-0.1, -0.05) is 0 Å². The molecule has 0 saturated heterocycles. The van der Waals surface area contributed by atoms with E-state index < -0.39 is 6.17 Å². The first kappa shape index (κ1) is 8.81. The average Bonchev–Trinajstić information content (AvgIpc) is 2.51. The van der Waals surface area contributed by atoms with E-state index in [2.05, 4.69) is 15.9 Å². The molecule has 70 valence electrons. The first-order valence-electron chi connectivity index (χ1n) is 3.91. The smallest absolute Gasteiger partial charge is 0.231 e. The Morgan fingerprint density at radius 1 is 1.46 bits per heavy atom. The van der Waals surface area contributed by atoms with Gasteiger partial charge in [0.15, 0.2) is 11.5 Å². The predicted octanol–water partition coefficient (Wildman–Crippen LogP) is 3.21. The lowest BCUT2D eigenvalue weighted by molar-refractivity contribution is 0.173. The van der Waals surface area contributed by atoms with Crippen molar-refractivity contribution in [1.82, 2.24) is 0 Å². The zero-order valence-corrected chi connectivity index (χ0v) is 8.60. The highest BCUT2D eigenvalue weighted by molar-refractivity contribution is 9.10. The topological polar surface area (TPSA) is 18.5 Å². The third-order valence-electron chi connectivity index (χ3n) is 1.91. The van der Waals surface area contributed by atoms with E-state index in [1.807, 2.05) is 0 Å². The lowest BCUT2D eigenvalue weighted by Gasteiger charge is -2.05. The van der Waals surface area contributed by atoms with Crippen LogP contribution < -0.4 is 9.47 Å². The van der Waals surface area contributed by atoms with Crippen LogP contribution in [-0.2, 0) is 0 Å². The van der Waals surface area contributed by atoms with Crippen molar-refractivity contribution in [2.45, 2.75) is 13.1 Å². The van der Waals surface area contributed by atoms with Gasteiger partial charge in [0.1, 0.15) is 6.17 Å². The molecule has 0 aliphatic carbocycles. The predicted molar refractivity (Wildman–Crippen MR) is 49.8 cm³/mol. The molecule has 2 rings (SSSR count). The first-order chi connectivity index (χ1) is 6.18. The highest BCUT2D eigenvalue weighted by atomic mass is 79.9. The summed E-state index contributed by atoms with van der Waals surface area (Å²) in [7, 11) is 0. The molecule has 0 radical (unpaired) electrons. The van der Waals surface area contributed by atoms with Crippen molar-refractivity contribution in [3.63, 3.8) is 0 Å². The normalized spacial score (nSPS) is 15.9. The molecule has 2 nitrogen and oxygen atoms in total. The fourth-order valence-electron chi connectivity index (χ4n) is 1.22. The Kier molecular flexibility index (Phi) is 2.15. The quantitative estimate of drug-likeness (QED) is 0.758. The Morgan fingerprint density at radius 2 is 2.23 bits per heavy atom. The lowest BCUT2D eigenvalue weighted by Crippen LogP contribution is -1.93. The van der Waals surface area contributed by atoms with Crippen LogP contribution in [0.2, 0.25) is 0 Å². The van der Waals surface area contributed by atoms with Crippen molar-refractivity contribution in [1.29, 1.82) is 0 Å². The second kappa shape index (κ2) is 3.18. The maximum absolute atomic E-state index is 13.0. The molecule has 0 spiro atoms. The Hall–Kier alpha value is -0.770. The number of halogens is 2. The summed E-state index contributed by atoms with van der Waals surface area (Å²) in [5.41, 5.74) is 0.594. The van der Waals surface area contributed by atoms with Gasteiger partial charge < -0.3 is 9.47 Å². The number of rotatable bonds is 1. The van der Waals surface area contributed by atoms with E-state index in [1.165, 1.54) is 6.92 Å². The summed E-state index contributed by atoms with van der Waals surface area (Å²) < 4.78 is 24.0. The molecule has 0 bridgehead atoms. The molecule has 1 heterocycles. The minimum Gasteiger partial charge on any atom is -0.454 e. The van der Waals surface area contributed by atoms with Gasteiger partial charge in [-0.3, -0.25) is 0 Å². The van der Waals surface area contributed by atoms with Crippen molar-refractivity contribution in [3.05, 3.63) is 22.2 Å². The fourth-order valence-corrected chi connectivity index (χ4v) is 1.79. The molecule has 1 atom stereocenters. The number of ether oxygens (including phenoxy) is 2. The minimum absolute atomic E-state index is 0.206. The summed E-state index contributed by atoms with van der Waals surface area (Å²) in [6.45, 7) is 1.70. The molecule has 0 amide bonds. The molecule has 0 aromatic heterocycles. The van der Waals surface area contributed by atoms with Crippen molar-refractivity contribution >= 4 is 15.9 Å². The molecule has 1 aliphatic heterocycles. The molecule has 1 aromatic rings. The summed E-state index contributed by atoms with van der Waals surface area (Å²) >= 11 is 3.29. The summed E-state index contributed by atoms with van der Waals surface area (Å²) in [5, 5.41) is 0. The van der Waals surface area contributed by atoms with E-state index in [0.29, 0.717) is 17.1 Å². The Morgan fingerprint density at radius 3 is 2.92 bits per heavy atom. The first-order valence-corrected chi connectivity index (χ1v) is 4.71. The Balaban J connectivity index is 2.49. The second-order valence-electron chi connectivity index (χ2n) is 2.85. The summed E-state index contributed by atoms with van der Waals surface area (Å²) in [6.07, 6.45) is -0.995. The van der Waals surface area contributed by atoms with E-state index >= 15 is 0 Å². The zero-order chi connectivity index (χ0) is 9.42. The summed E-state index contributed by atoms with van der Waals surface area (Å²) in [6, 6.07) is 3.37. The van der Waals surface area contributed by atoms with Crippen molar-refractivity contribution in [2.75, 3.05) is 6.79 Å². The number of hydrogen-bond donors (Lipinski definition) is 0. The van der Waals surface area contributed by atoms with Gasteiger partial charge in [-0.05, 0) is 40.5 Å². The van der Waals surface area contributed by atoms with Crippen LogP contribution in [0.25, 0.3) is 0 Å². The maximum atomic E-state index is 13.0. The van der Waals surface area contributed by atoms with Gasteiger partial charge in [0.25, 0.3) is 0 Å².